The van der Waals surface area contributed by atoms with E-state index in [4.69, 9.17) is 27.9 Å². The quantitative estimate of drug-likeness (QED) is 0.273. The third-order valence-corrected chi connectivity index (χ3v) is 7.16. The average Bonchev–Trinajstić information content (AvgIpc) is 3.26. The van der Waals surface area contributed by atoms with Crippen molar-refractivity contribution in [3.8, 4) is 0 Å². The molecular formula is C26H28Cl2FN3O3S. The molecule has 1 aromatic heterocycles. The number of nitrogens with zero attached hydrogens (tertiary/aromatic N) is 2. The molecule has 0 unspecified atom stereocenters. The van der Waals surface area contributed by atoms with Crippen molar-refractivity contribution in [2.24, 2.45) is 0 Å². The van der Waals surface area contributed by atoms with Gasteiger partial charge in [-0.25, -0.2) is 9.18 Å². The van der Waals surface area contributed by atoms with Crippen molar-refractivity contribution in [3.05, 3.63) is 85.8 Å². The minimum atomic E-state index is -0.497. The molecular weight excluding hydrogens is 524 g/mol. The Morgan fingerprint density at radius 1 is 1.03 bits per heavy atom. The maximum absolute atomic E-state index is 13.5. The lowest BCUT2D eigenvalue weighted by Gasteiger charge is -2.28. The van der Waals surface area contributed by atoms with Crippen LogP contribution < -0.4 is 5.32 Å². The molecule has 0 atom stereocenters. The second-order valence-corrected chi connectivity index (χ2v) is 10.0. The number of amides is 3. The Bertz CT molecular complexity index is 1150. The summed E-state index contributed by atoms with van der Waals surface area (Å²) in [5.41, 5.74) is 2.16. The second-order valence-electron chi connectivity index (χ2n) is 8.20. The third kappa shape index (κ3) is 7.93. The van der Waals surface area contributed by atoms with Crippen LogP contribution in [0.3, 0.4) is 0 Å². The number of hydrogen-bond donors (Lipinski definition) is 1. The van der Waals surface area contributed by atoms with Crippen LogP contribution in [0.4, 0.5) is 14.9 Å². The molecule has 1 heterocycles. The minimum Gasteiger partial charge on any atom is -0.385 e. The monoisotopic (exact) mass is 551 g/mol. The molecule has 0 radical (unpaired) electrons. The van der Waals surface area contributed by atoms with Gasteiger partial charge < -0.3 is 19.9 Å². The van der Waals surface area contributed by atoms with Gasteiger partial charge in [0.25, 0.3) is 0 Å². The van der Waals surface area contributed by atoms with E-state index >= 15 is 0 Å². The molecule has 0 bridgehead atoms. The molecule has 36 heavy (non-hydrogen) atoms. The zero-order chi connectivity index (χ0) is 26.1. The number of halogens is 3. The number of nitrogens with one attached hydrogen (secondary N) is 1. The first-order valence-corrected chi connectivity index (χ1v) is 13.0. The van der Waals surface area contributed by atoms with E-state index < -0.39 is 6.03 Å². The molecule has 0 aliphatic carbocycles. The van der Waals surface area contributed by atoms with Crippen molar-refractivity contribution in [2.75, 3.05) is 32.1 Å². The van der Waals surface area contributed by atoms with E-state index in [-0.39, 0.29) is 37.0 Å². The summed E-state index contributed by atoms with van der Waals surface area (Å²) in [5, 5.41) is 5.30. The summed E-state index contributed by atoms with van der Waals surface area (Å²) in [5.74, 6) is -0.588. The zero-order valence-electron chi connectivity index (χ0n) is 20.1. The highest BCUT2D eigenvalue weighted by molar-refractivity contribution is 7.10. The summed E-state index contributed by atoms with van der Waals surface area (Å²) in [4.78, 5) is 30.9. The molecule has 0 saturated carbocycles. The summed E-state index contributed by atoms with van der Waals surface area (Å²) in [7, 11) is 1.58. The number of ether oxygens (including phenoxy) is 1. The van der Waals surface area contributed by atoms with Crippen molar-refractivity contribution in [2.45, 2.75) is 26.4 Å². The van der Waals surface area contributed by atoms with Crippen molar-refractivity contribution < 1.29 is 18.7 Å². The standard InChI is InChI=1S/C26H28Cl2FN3O3S/c1-18-11-14-36-23(18)16-32(15-19-7-9-20(29)10-8-19)24(33)17-31(12-4-13-35-2)26(34)30-25-21(27)5-3-6-22(25)28/h3,5-11,14H,4,12-13,15-17H2,1-2H3,(H,30,34). The number of rotatable bonds is 11. The molecule has 3 aromatic rings. The Morgan fingerprint density at radius 2 is 1.72 bits per heavy atom. The van der Waals surface area contributed by atoms with Crippen LogP contribution in [-0.2, 0) is 22.6 Å². The molecule has 0 aliphatic heterocycles. The lowest BCUT2D eigenvalue weighted by molar-refractivity contribution is -0.133. The molecule has 192 valence electrons. The predicted octanol–water partition coefficient (Wildman–Crippen LogP) is 6.60. The topological polar surface area (TPSA) is 61.9 Å². The van der Waals surface area contributed by atoms with Crippen LogP contribution in [0.25, 0.3) is 0 Å². The van der Waals surface area contributed by atoms with Crippen LogP contribution in [-0.4, -0.2) is 48.5 Å². The highest BCUT2D eigenvalue weighted by Gasteiger charge is 2.23. The fourth-order valence-corrected chi connectivity index (χ4v) is 4.91. The maximum atomic E-state index is 13.5. The van der Waals surface area contributed by atoms with Gasteiger partial charge in [0.1, 0.15) is 12.4 Å². The first-order valence-electron chi connectivity index (χ1n) is 11.3. The van der Waals surface area contributed by atoms with E-state index in [2.05, 4.69) is 5.32 Å². The van der Waals surface area contributed by atoms with Crippen molar-refractivity contribution in [1.82, 2.24) is 9.80 Å². The van der Waals surface area contributed by atoms with Gasteiger partial charge in [0.2, 0.25) is 5.91 Å². The number of hydrogen-bond acceptors (Lipinski definition) is 4. The molecule has 3 amide bonds. The van der Waals surface area contributed by atoms with Crippen molar-refractivity contribution >= 4 is 52.2 Å². The number of thiophene rings is 1. The number of urea groups is 1. The van der Waals surface area contributed by atoms with E-state index in [9.17, 15) is 14.0 Å². The van der Waals surface area contributed by atoms with E-state index in [1.54, 1.807) is 53.7 Å². The Labute approximate surface area is 224 Å². The van der Waals surface area contributed by atoms with Gasteiger partial charge in [0.05, 0.1) is 22.3 Å². The molecule has 0 spiro atoms. The molecule has 0 aliphatic rings. The Kier molecular flexibility index (Phi) is 10.6. The molecule has 6 nitrogen and oxygen atoms in total. The summed E-state index contributed by atoms with van der Waals surface area (Å²) in [6.45, 7) is 3.20. The van der Waals surface area contributed by atoms with Crippen LogP contribution >= 0.6 is 34.5 Å². The van der Waals surface area contributed by atoms with E-state index in [0.717, 1.165) is 16.0 Å². The van der Waals surface area contributed by atoms with Crippen LogP contribution in [0.5, 0.6) is 0 Å². The number of carbonyl (C=O) groups is 2. The van der Waals surface area contributed by atoms with Crippen LogP contribution in [0.15, 0.2) is 53.9 Å². The van der Waals surface area contributed by atoms with Gasteiger partial charge >= 0.3 is 6.03 Å². The number of aryl methyl sites for hydroxylation is 1. The lowest BCUT2D eigenvalue weighted by Crippen LogP contribution is -2.44. The largest absolute Gasteiger partial charge is 0.385 e. The lowest BCUT2D eigenvalue weighted by atomic mass is 10.2. The predicted molar refractivity (Wildman–Crippen MR) is 143 cm³/mol. The van der Waals surface area contributed by atoms with Gasteiger partial charge in [0.15, 0.2) is 0 Å². The number of carbonyl (C=O) groups excluding carboxylic acids is 2. The average molecular weight is 552 g/mol. The third-order valence-electron chi connectivity index (χ3n) is 5.53. The zero-order valence-corrected chi connectivity index (χ0v) is 22.4. The van der Waals surface area contributed by atoms with E-state index in [1.165, 1.54) is 17.0 Å². The number of para-hydroxylation sites is 1. The fourth-order valence-electron chi connectivity index (χ4n) is 3.50. The normalized spacial score (nSPS) is 10.8. The highest BCUT2D eigenvalue weighted by atomic mass is 35.5. The Balaban J connectivity index is 1.80. The fraction of sp³-hybridized carbons (Fsp3) is 0.308. The van der Waals surface area contributed by atoms with Crippen LogP contribution in [0.2, 0.25) is 10.0 Å². The Hall–Kier alpha value is -2.65. The van der Waals surface area contributed by atoms with Gasteiger partial charge in [-0.1, -0.05) is 41.4 Å². The van der Waals surface area contributed by atoms with Crippen molar-refractivity contribution in [1.29, 1.82) is 0 Å². The number of anilines is 1. The maximum Gasteiger partial charge on any atom is 0.322 e. The second kappa shape index (κ2) is 13.6. The van der Waals surface area contributed by atoms with Gasteiger partial charge in [-0.3, -0.25) is 4.79 Å². The summed E-state index contributed by atoms with van der Waals surface area (Å²) in [6, 6.07) is 12.5. The first kappa shape index (κ1) is 27.9. The summed E-state index contributed by atoms with van der Waals surface area (Å²) in [6.07, 6.45) is 0.537. The molecule has 2 aromatic carbocycles. The van der Waals surface area contributed by atoms with Gasteiger partial charge in [-0.15, -0.1) is 11.3 Å². The van der Waals surface area contributed by atoms with Crippen LogP contribution in [0.1, 0.15) is 22.4 Å². The summed E-state index contributed by atoms with van der Waals surface area (Å²) < 4.78 is 18.6. The van der Waals surface area contributed by atoms with Gasteiger partial charge in [-0.05, 0) is 60.2 Å². The van der Waals surface area contributed by atoms with Crippen molar-refractivity contribution in [3.63, 3.8) is 0 Å². The Morgan fingerprint density at radius 3 is 2.33 bits per heavy atom. The van der Waals surface area contributed by atoms with E-state index in [0.29, 0.717) is 29.6 Å². The first-order chi connectivity index (χ1) is 17.3. The minimum absolute atomic E-state index is 0.163. The molecule has 0 fully saturated rings. The summed E-state index contributed by atoms with van der Waals surface area (Å²) >= 11 is 14.0. The molecule has 10 heteroatoms. The smallest absolute Gasteiger partial charge is 0.322 e. The molecule has 1 N–H and O–H groups in total. The van der Waals surface area contributed by atoms with Crippen LogP contribution in [0, 0.1) is 12.7 Å². The van der Waals surface area contributed by atoms with Gasteiger partial charge in [0, 0.05) is 31.7 Å². The van der Waals surface area contributed by atoms with E-state index in [1.807, 2.05) is 18.4 Å². The van der Waals surface area contributed by atoms with Gasteiger partial charge in [-0.2, -0.15) is 0 Å². The molecule has 0 saturated heterocycles. The highest BCUT2D eigenvalue weighted by Crippen LogP contribution is 2.30. The SMILES string of the molecule is COCCCN(CC(=O)N(Cc1ccc(F)cc1)Cc1sccc1C)C(=O)Nc1c(Cl)cccc1Cl. The number of methoxy groups -OCH3 is 1. The molecule has 3 rings (SSSR count). The number of benzene rings is 2.